The van der Waals surface area contributed by atoms with E-state index in [9.17, 15) is 8.42 Å². The smallest absolute Gasteiger partial charge is 0.240 e. The number of nitrogens with zero attached hydrogens (tertiary/aromatic N) is 1. The van der Waals surface area contributed by atoms with Gasteiger partial charge >= 0.3 is 0 Å². The quantitative estimate of drug-likeness (QED) is 0.899. The van der Waals surface area contributed by atoms with Crippen molar-refractivity contribution < 1.29 is 17.9 Å². The molecule has 2 aliphatic rings. The zero-order chi connectivity index (χ0) is 14.9. The topological polar surface area (TPSA) is 67.9 Å². The highest BCUT2D eigenvalue weighted by atomic mass is 32.2. The summed E-state index contributed by atoms with van der Waals surface area (Å²) in [6, 6.07) is 6.91. The van der Waals surface area contributed by atoms with Crippen LogP contribution in [0.2, 0.25) is 0 Å². The molecule has 2 saturated heterocycles. The van der Waals surface area contributed by atoms with Gasteiger partial charge < -0.3 is 14.4 Å². The molecule has 0 unspecified atom stereocenters. The second-order valence-electron chi connectivity index (χ2n) is 5.33. The Kier molecular flexibility index (Phi) is 3.92. The summed E-state index contributed by atoms with van der Waals surface area (Å²) in [6.45, 7) is 2.90. The molecule has 3 rings (SSSR count). The first-order chi connectivity index (χ1) is 10.0. The molecule has 6 nitrogen and oxygen atoms in total. The lowest BCUT2D eigenvalue weighted by Gasteiger charge is -2.39. The van der Waals surface area contributed by atoms with Gasteiger partial charge in [0.1, 0.15) is 0 Å². The van der Waals surface area contributed by atoms with E-state index in [-0.39, 0.29) is 4.90 Å². The van der Waals surface area contributed by atoms with Crippen molar-refractivity contribution in [2.75, 3.05) is 38.3 Å². The molecule has 2 heterocycles. The number of hydrogen-bond donors (Lipinski definition) is 1. The van der Waals surface area contributed by atoms with Crippen molar-refractivity contribution in [1.82, 2.24) is 4.72 Å². The van der Waals surface area contributed by atoms with Gasteiger partial charge in [-0.2, -0.15) is 0 Å². The highest BCUT2D eigenvalue weighted by Crippen LogP contribution is 2.32. The number of rotatable bonds is 3. The molecule has 0 saturated carbocycles. The van der Waals surface area contributed by atoms with Crippen LogP contribution in [0.15, 0.2) is 29.2 Å². The molecule has 0 bridgehead atoms. The molecule has 1 aromatic rings. The van der Waals surface area contributed by atoms with Gasteiger partial charge in [0.15, 0.2) is 5.79 Å². The van der Waals surface area contributed by atoms with E-state index in [2.05, 4.69) is 9.62 Å². The van der Waals surface area contributed by atoms with Gasteiger partial charge in [-0.1, -0.05) is 0 Å². The lowest BCUT2D eigenvalue weighted by Crippen LogP contribution is -2.49. The molecule has 1 N–H and O–H groups in total. The van der Waals surface area contributed by atoms with Crippen LogP contribution in [0.4, 0.5) is 5.69 Å². The summed E-state index contributed by atoms with van der Waals surface area (Å²) in [5.74, 6) is -0.478. The largest absolute Gasteiger partial charge is 0.366 e. The molecule has 0 radical (unpaired) electrons. The number of sulfonamides is 1. The van der Waals surface area contributed by atoms with Crippen LogP contribution in [0.3, 0.4) is 0 Å². The summed E-state index contributed by atoms with van der Waals surface area (Å²) in [4.78, 5) is 2.46. The lowest BCUT2D eigenvalue weighted by molar-refractivity contribution is -0.161. The summed E-state index contributed by atoms with van der Waals surface area (Å²) >= 11 is 0. The fourth-order valence-electron chi connectivity index (χ4n) is 2.90. The van der Waals surface area contributed by atoms with Crippen molar-refractivity contribution in [2.45, 2.75) is 23.5 Å². The molecule has 1 spiro atoms. The van der Waals surface area contributed by atoms with Gasteiger partial charge in [0, 0.05) is 18.7 Å². The van der Waals surface area contributed by atoms with Crippen LogP contribution in [0.25, 0.3) is 0 Å². The molecule has 0 amide bonds. The number of anilines is 1. The van der Waals surface area contributed by atoms with Crippen molar-refractivity contribution in [1.29, 1.82) is 0 Å². The first-order valence-electron chi connectivity index (χ1n) is 7.11. The van der Waals surface area contributed by atoms with E-state index in [1.54, 1.807) is 12.1 Å². The molecule has 2 fully saturated rings. The monoisotopic (exact) mass is 312 g/mol. The SMILES string of the molecule is CNS(=O)(=O)c1ccc(N2CCCC3(C2)OCCO3)cc1. The molecule has 7 heteroatoms. The molecule has 21 heavy (non-hydrogen) atoms. The Balaban J connectivity index is 1.78. The molecule has 116 valence electrons. The Morgan fingerprint density at radius 2 is 1.86 bits per heavy atom. The van der Waals surface area contributed by atoms with Crippen LogP contribution in [0, 0.1) is 0 Å². The molecule has 0 atom stereocenters. The molecular formula is C14H20N2O4S. The Labute approximate surface area is 125 Å². The average molecular weight is 312 g/mol. The van der Waals surface area contributed by atoms with Gasteiger partial charge in [-0.25, -0.2) is 13.1 Å². The van der Waals surface area contributed by atoms with Gasteiger partial charge in [-0.15, -0.1) is 0 Å². The summed E-state index contributed by atoms with van der Waals surface area (Å²) in [5.41, 5.74) is 0.989. The van der Waals surface area contributed by atoms with E-state index in [1.165, 1.54) is 7.05 Å². The average Bonchev–Trinajstić information content (AvgIpc) is 2.95. The van der Waals surface area contributed by atoms with Crippen molar-refractivity contribution in [2.24, 2.45) is 0 Å². The van der Waals surface area contributed by atoms with E-state index < -0.39 is 15.8 Å². The normalized spacial score (nSPS) is 21.9. The molecule has 0 aliphatic carbocycles. The van der Waals surface area contributed by atoms with E-state index >= 15 is 0 Å². The molecule has 2 aliphatic heterocycles. The predicted molar refractivity (Wildman–Crippen MR) is 78.8 cm³/mol. The summed E-state index contributed by atoms with van der Waals surface area (Å²) < 4.78 is 37.3. The molecule has 0 aromatic heterocycles. The fraction of sp³-hybridized carbons (Fsp3) is 0.571. The van der Waals surface area contributed by atoms with Gasteiger partial charge in [-0.3, -0.25) is 0 Å². The van der Waals surface area contributed by atoms with Crippen LogP contribution in [0.5, 0.6) is 0 Å². The third kappa shape index (κ3) is 2.91. The second kappa shape index (κ2) is 5.57. The maximum atomic E-state index is 11.7. The minimum atomic E-state index is -3.39. The fourth-order valence-corrected chi connectivity index (χ4v) is 3.63. The first-order valence-corrected chi connectivity index (χ1v) is 8.59. The van der Waals surface area contributed by atoms with Crippen molar-refractivity contribution in [3.8, 4) is 0 Å². The third-order valence-electron chi connectivity index (χ3n) is 4.01. The zero-order valence-corrected chi connectivity index (χ0v) is 12.9. The number of piperidine rings is 1. The van der Waals surface area contributed by atoms with Gasteiger partial charge in [0.25, 0.3) is 0 Å². The van der Waals surface area contributed by atoms with Crippen LogP contribution >= 0.6 is 0 Å². The van der Waals surface area contributed by atoms with E-state index in [4.69, 9.17) is 9.47 Å². The van der Waals surface area contributed by atoms with E-state index in [0.717, 1.165) is 25.1 Å². The van der Waals surface area contributed by atoms with Crippen LogP contribution in [-0.2, 0) is 19.5 Å². The standard InChI is InChI=1S/C14H20N2O4S/c1-15-21(17,18)13-5-3-12(4-6-13)16-8-2-7-14(11-16)19-9-10-20-14/h3-6,15H,2,7-11H2,1H3. The highest BCUT2D eigenvalue weighted by molar-refractivity contribution is 7.89. The molecule has 1 aromatic carbocycles. The minimum Gasteiger partial charge on any atom is -0.366 e. The summed E-state index contributed by atoms with van der Waals surface area (Å²) in [5, 5.41) is 0. The number of hydrogen-bond acceptors (Lipinski definition) is 5. The minimum absolute atomic E-state index is 0.272. The van der Waals surface area contributed by atoms with Gasteiger partial charge in [-0.05, 0) is 37.7 Å². The maximum absolute atomic E-state index is 11.7. The Morgan fingerprint density at radius 1 is 1.19 bits per heavy atom. The zero-order valence-electron chi connectivity index (χ0n) is 12.0. The summed E-state index contributed by atoms with van der Waals surface area (Å²) in [6.07, 6.45) is 1.91. The summed E-state index contributed by atoms with van der Waals surface area (Å²) in [7, 11) is -1.98. The van der Waals surface area contributed by atoms with E-state index in [1.807, 2.05) is 12.1 Å². The Hall–Kier alpha value is -1.15. The third-order valence-corrected chi connectivity index (χ3v) is 5.44. The van der Waals surface area contributed by atoms with Crippen molar-refractivity contribution in [3.05, 3.63) is 24.3 Å². The lowest BCUT2D eigenvalue weighted by atomic mass is 10.0. The van der Waals surface area contributed by atoms with Crippen LogP contribution in [0.1, 0.15) is 12.8 Å². The van der Waals surface area contributed by atoms with Crippen molar-refractivity contribution in [3.63, 3.8) is 0 Å². The Bertz CT molecular complexity index is 594. The predicted octanol–water partition coefficient (Wildman–Crippen LogP) is 0.938. The van der Waals surface area contributed by atoms with Crippen LogP contribution < -0.4 is 9.62 Å². The van der Waals surface area contributed by atoms with E-state index in [0.29, 0.717) is 19.8 Å². The van der Waals surface area contributed by atoms with Crippen molar-refractivity contribution >= 4 is 15.7 Å². The van der Waals surface area contributed by atoms with Gasteiger partial charge in [0.2, 0.25) is 10.0 Å². The van der Waals surface area contributed by atoms with Crippen LogP contribution in [-0.4, -0.2) is 47.6 Å². The Morgan fingerprint density at radius 3 is 2.48 bits per heavy atom. The first kappa shape index (κ1) is 14.8. The molecular weight excluding hydrogens is 292 g/mol. The van der Waals surface area contributed by atoms with Gasteiger partial charge in [0.05, 0.1) is 24.7 Å². The maximum Gasteiger partial charge on any atom is 0.240 e. The number of nitrogens with one attached hydrogen (secondary N) is 1. The second-order valence-corrected chi connectivity index (χ2v) is 7.22. The number of ether oxygens (including phenoxy) is 2. The number of benzene rings is 1. The highest BCUT2D eigenvalue weighted by Gasteiger charge is 2.40.